The molecule has 64 valence electrons. The van der Waals surface area contributed by atoms with Gasteiger partial charge in [-0.2, -0.15) is 0 Å². The molecule has 0 spiro atoms. The van der Waals surface area contributed by atoms with Crippen LogP contribution in [0.4, 0.5) is 0 Å². The van der Waals surface area contributed by atoms with Gasteiger partial charge in [-0.25, -0.2) is 0 Å². The lowest BCUT2D eigenvalue weighted by Crippen LogP contribution is -2.05. The van der Waals surface area contributed by atoms with Gasteiger partial charge in [0.15, 0.2) is 0 Å². The summed E-state index contributed by atoms with van der Waals surface area (Å²) in [7, 11) is 0. The van der Waals surface area contributed by atoms with Gasteiger partial charge in [0, 0.05) is 5.92 Å². The molecule has 3 atom stereocenters. The van der Waals surface area contributed by atoms with E-state index in [1.165, 1.54) is 0 Å². The van der Waals surface area contributed by atoms with Crippen LogP contribution >= 0.6 is 0 Å². The molecule has 2 aliphatic carbocycles. The first-order valence-electron chi connectivity index (χ1n) is 4.63. The van der Waals surface area contributed by atoms with E-state index >= 15 is 0 Å². The van der Waals surface area contributed by atoms with Crippen molar-refractivity contribution in [3.63, 3.8) is 0 Å². The van der Waals surface area contributed by atoms with Crippen LogP contribution in [0.15, 0.2) is 24.3 Å². The lowest BCUT2D eigenvalue weighted by atomic mass is 9.94. The number of rotatable bonds is 2. The highest BCUT2D eigenvalue weighted by Gasteiger charge is 2.44. The molecule has 0 heterocycles. The van der Waals surface area contributed by atoms with E-state index < -0.39 is 0 Å². The third-order valence-electron chi connectivity index (χ3n) is 2.93. The van der Waals surface area contributed by atoms with Crippen molar-refractivity contribution in [2.24, 2.45) is 17.8 Å². The van der Waals surface area contributed by atoms with Crippen LogP contribution in [0, 0.1) is 17.8 Å². The quantitative estimate of drug-likeness (QED) is 0.609. The normalized spacial score (nSPS) is 38.2. The van der Waals surface area contributed by atoms with Crippen LogP contribution in [0.25, 0.3) is 0 Å². The number of carbonyl (C=O) groups excluding carboxylic acids is 1. The van der Waals surface area contributed by atoms with Gasteiger partial charge in [-0.15, -0.1) is 0 Å². The standard InChI is InChI=1S/C11H14O/c1-8(12)10-7-11(10)9-5-3-2-4-6-9/h2-5,9-11H,6-7H2,1H3/t9?,10-,11?/m0/s1. The van der Waals surface area contributed by atoms with Crippen molar-refractivity contribution in [1.82, 2.24) is 0 Å². The number of carbonyl (C=O) groups is 1. The van der Waals surface area contributed by atoms with E-state index in [2.05, 4.69) is 24.3 Å². The molecule has 0 aromatic carbocycles. The predicted octanol–water partition coefficient (Wildman–Crippen LogP) is 2.34. The second kappa shape index (κ2) is 2.89. The summed E-state index contributed by atoms with van der Waals surface area (Å²) >= 11 is 0. The molecule has 0 bridgehead atoms. The lowest BCUT2D eigenvalue weighted by molar-refractivity contribution is -0.118. The minimum absolute atomic E-state index is 0.378. The maximum atomic E-state index is 11.0. The van der Waals surface area contributed by atoms with Gasteiger partial charge in [-0.1, -0.05) is 24.3 Å². The van der Waals surface area contributed by atoms with E-state index in [1.54, 1.807) is 6.92 Å². The van der Waals surface area contributed by atoms with E-state index in [0.717, 1.165) is 12.8 Å². The smallest absolute Gasteiger partial charge is 0.133 e. The molecule has 12 heavy (non-hydrogen) atoms. The van der Waals surface area contributed by atoms with Crippen molar-refractivity contribution in [3.8, 4) is 0 Å². The summed E-state index contributed by atoms with van der Waals surface area (Å²) in [5.74, 6) is 2.06. The van der Waals surface area contributed by atoms with Crippen LogP contribution in [-0.4, -0.2) is 5.78 Å². The number of Topliss-reactive ketones (excluding diaryl/α,β-unsaturated/α-hetero) is 1. The summed E-state index contributed by atoms with van der Waals surface area (Å²) in [5.41, 5.74) is 0. The Hall–Kier alpha value is -0.850. The molecular formula is C11H14O. The zero-order chi connectivity index (χ0) is 8.55. The number of allylic oxidation sites excluding steroid dienone is 4. The SMILES string of the molecule is CC(=O)[C@@H]1CC1C1C=CC=CC1. The molecule has 2 unspecified atom stereocenters. The molecule has 0 radical (unpaired) electrons. The number of hydrogen-bond donors (Lipinski definition) is 0. The van der Waals surface area contributed by atoms with Gasteiger partial charge in [0.1, 0.15) is 5.78 Å². The van der Waals surface area contributed by atoms with Gasteiger partial charge < -0.3 is 0 Å². The fourth-order valence-corrected chi connectivity index (χ4v) is 2.07. The van der Waals surface area contributed by atoms with Gasteiger partial charge in [-0.3, -0.25) is 4.79 Å². The molecule has 1 fully saturated rings. The van der Waals surface area contributed by atoms with Crippen LogP contribution in [0.2, 0.25) is 0 Å². The molecule has 2 rings (SSSR count). The first kappa shape index (κ1) is 7.78. The molecule has 0 saturated heterocycles. The molecule has 0 amide bonds. The zero-order valence-corrected chi connectivity index (χ0v) is 7.36. The predicted molar refractivity (Wildman–Crippen MR) is 48.7 cm³/mol. The van der Waals surface area contributed by atoms with Crippen molar-refractivity contribution in [2.45, 2.75) is 19.8 Å². The Morgan fingerprint density at radius 3 is 2.75 bits per heavy atom. The molecule has 2 aliphatic rings. The Morgan fingerprint density at radius 2 is 2.25 bits per heavy atom. The Labute approximate surface area is 73.2 Å². The average molecular weight is 162 g/mol. The first-order chi connectivity index (χ1) is 5.79. The fraction of sp³-hybridized carbons (Fsp3) is 0.545. The third-order valence-corrected chi connectivity index (χ3v) is 2.93. The van der Waals surface area contributed by atoms with Crippen molar-refractivity contribution < 1.29 is 4.79 Å². The minimum Gasteiger partial charge on any atom is -0.300 e. The summed E-state index contributed by atoms with van der Waals surface area (Å²) in [6, 6.07) is 0. The van der Waals surface area contributed by atoms with E-state index in [9.17, 15) is 4.79 Å². The number of hydrogen-bond acceptors (Lipinski definition) is 1. The Kier molecular flexibility index (Phi) is 1.87. The van der Waals surface area contributed by atoms with Crippen molar-refractivity contribution in [1.29, 1.82) is 0 Å². The molecule has 0 aromatic rings. The highest BCUT2D eigenvalue weighted by molar-refractivity contribution is 5.81. The molecule has 0 N–H and O–H groups in total. The summed E-state index contributed by atoms with van der Waals surface area (Å²) in [6.45, 7) is 1.72. The van der Waals surface area contributed by atoms with Crippen molar-refractivity contribution >= 4 is 5.78 Å². The minimum atomic E-state index is 0.378. The van der Waals surface area contributed by atoms with Gasteiger partial charge in [0.25, 0.3) is 0 Å². The van der Waals surface area contributed by atoms with Crippen molar-refractivity contribution in [3.05, 3.63) is 24.3 Å². The summed E-state index contributed by atoms with van der Waals surface area (Å²) in [6.07, 6.45) is 10.9. The molecule has 1 saturated carbocycles. The molecule has 1 nitrogen and oxygen atoms in total. The lowest BCUT2D eigenvalue weighted by Gasteiger charge is -2.11. The van der Waals surface area contributed by atoms with Gasteiger partial charge >= 0.3 is 0 Å². The van der Waals surface area contributed by atoms with Crippen LogP contribution in [0.3, 0.4) is 0 Å². The fourth-order valence-electron chi connectivity index (χ4n) is 2.07. The second-order valence-corrected chi connectivity index (χ2v) is 3.83. The van der Waals surface area contributed by atoms with Crippen LogP contribution in [-0.2, 0) is 4.79 Å². The molecule has 0 aliphatic heterocycles. The Balaban J connectivity index is 1.93. The first-order valence-corrected chi connectivity index (χ1v) is 4.63. The summed E-state index contributed by atoms with van der Waals surface area (Å²) in [4.78, 5) is 11.0. The third kappa shape index (κ3) is 1.36. The topological polar surface area (TPSA) is 17.1 Å². The van der Waals surface area contributed by atoms with E-state index in [4.69, 9.17) is 0 Å². The van der Waals surface area contributed by atoms with E-state index in [0.29, 0.717) is 23.5 Å². The van der Waals surface area contributed by atoms with Crippen LogP contribution in [0.1, 0.15) is 19.8 Å². The van der Waals surface area contributed by atoms with Crippen LogP contribution in [0.5, 0.6) is 0 Å². The Morgan fingerprint density at radius 1 is 1.42 bits per heavy atom. The summed E-state index contributed by atoms with van der Waals surface area (Å²) in [5, 5.41) is 0. The monoisotopic (exact) mass is 162 g/mol. The van der Waals surface area contributed by atoms with E-state index in [-0.39, 0.29) is 0 Å². The average Bonchev–Trinajstić information content (AvgIpc) is 2.84. The van der Waals surface area contributed by atoms with E-state index in [1.807, 2.05) is 0 Å². The highest BCUT2D eigenvalue weighted by atomic mass is 16.1. The molecular weight excluding hydrogens is 148 g/mol. The maximum absolute atomic E-state index is 11.0. The number of ketones is 1. The van der Waals surface area contributed by atoms with Crippen molar-refractivity contribution in [2.75, 3.05) is 0 Å². The van der Waals surface area contributed by atoms with Gasteiger partial charge in [-0.05, 0) is 31.6 Å². The highest BCUT2D eigenvalue weighted by Crippen LogP contribution is 2.47. The summed E-state index contributed by atoms with van der Waals surface area (Å²) < 4.78 is 0. The maximum Gasteiger partial charge on any atom is 0.133 e. The van der Waals surface area contributed by atoms with Crippen LogP contribution < -0.4 is 0 Å². The van der Waals surface area contributed by atoms with Gasteiger partial charge in [0.05, 0.1) is 0 Å². The zero-order valence-electron chi connectivity index (χ0n) is 7.36. The molecule has 1 heteroatoms. The Bertz CT molecular complexity index is 250. The second-order valence-electron chi connectivity index (χ2n) is 3.83. The van der Waals surface area contributed by atoms with Gasteiger partial charge in [0.2, 0.25) is 0 Å². The molecule has 0 aromatic heterocycles. The largest absolute Gasteiger partial charge is 0.300 e.